The SMILES string of the molecule is CCOC(=O)/C(=C/Nc1ccccc1)CC. The van der Waals surface area contributed by atoms with Gasteiger partial charge in [-0.3, -0.25) is 0 Å². The molecule has 0 saturated heterocycles. The molecule has 1 rings (SSSR count). The van der Waals surface area contributed by atoms with Gasteiger partial charge in [-0.2, -0.15) is 0 Å². The molecule has 3 nitrogen and oxygen atoms in total. The molecule has 16 heavy (non-hydrogen) atoms. The quantitative estimate of drug-likeness (QED) is 0.611. The van der Waals surface area contributed by atoms with E-state index in [0.717, 1.165) is 5.69 Å². The summed E-state index contributed by atoms with van der Waals surface area (Å²) in [5.41, 5.74) is 1.60. The molecule has 0 saturated carbocycles. The van der Waals surface area contributed by atoms with Crippen molar-refractivity contribution in [1.82, 2.24) is 0 Å². The maximum Gasteiger partial charge on any atom is 0.335 e. The standard InChI is InChI=1S/C13H17NO2/c1-3-11(13(15)16-4-2)10-14-12-8-6-5-7-9-12/h5-10,14H,3-4H2,1-2H3/b11-10+. The summed E-state index contributed by atoms with van der Waals surface area (Å²) in [6.07, 6.45) is 2.35. The molecule has 0 spiro atoms. The zero-order chi connectivity index (χ0) is 11.8. The summed E-state index contributed by atoms with van der Waals surface area (Å²) < 4.78 is 4.94. The van der Waals surface area contributed by atoms with Gasteiger partial charge in [0.1, 0.15) is 0 Å². The first-order chi connectivity index (χ1) is 7.77. The highest BCUT2D eigenvalue weighted by Gasteiger charge is 2.07. The summed E-state index contributed by atoms with van der Waals surface area (Å²) in [4.78, 5) is 11.5. The number of para-hydroxylation sites is 1. The molecule has 0 amide bonds. The van der Waals surface area contributed by atoms with E-state index in [2.05, 4.69) is 5.32 Å². The lowest BCUT2D eigenvalue weighted by Gasteiger charge is -2.05. The molecule has 1 aromatic carbocycles. The fourth-order valence-corrected chi connectivity index (χ4v) is 1.23. The summed E-state index contributed by atoms with van der Waals surface area (Å²) in [5, 5.41) is 3.07. The fourth-order valence-electron chi connectivity index (χ4n) is 1.23. The van der Waals surface area contributed by atoms with Gasteiger partial charge in [-0.15, -0.1) is 0 Å². The lowest BCUT2D eigenvalue weighted by molar-refractivity contribution is -0.138. The van der Waals surface area contributed by atoms with Crippen LogP contribution in [0.1, 0.15) is 20.3 Å². The number of ether oxygens (including phenoxy) is 1. The molecule has 3 heteroatoms. The molecule has 0 aromatic heterocycles. The Labute approximate surface area is 96.1 Å². The van der Waals surface area contributed by atoms with Crippen LogP contribution in [0, 0.1) is 0 Å². The average molecular weight is 219 g/mol. The third-order valence-electron chi connectivity index (χ3n) is 2.11. The van der Waals surface area contributed by atoms with Gasteiger partial charge >= 0.3 is 5.97 Å². The topological polar surface area (TPSA) is 38.3 Å². The molecule has 86 valence electrons. The average Bonchev–Trinajstić information content (AvgIpc) is 2.31. The summed E-state index contributed by atoms with van der Waals surface area (Å²) >= 11 is 0. The van der Waals surface area contributed by atoms with Crippen LogP contribution in [-0.4, -0.2) is 12.6 Å². The Morgan fingerprint density at radius 3 is 2.56 bits per heavy atom. The Kier molecular flexibility index (Phi) is 5.12. The van der Waals surface area contributed by atoms with Crippen LogP contribution in [0.4, 0.5) is 5.69 Å². The predicted octanol–water partition coefficient (Wildman–Crippen LogP) is 2.96. The number of hydrogen-bond acceptors (Lipinski definition) is 3. The van der Waals surface area contributed by atoms with Gasteiger partial charge in [-0.25, -0.2) is 4.79 Å². The van der Waals surface area contributed by atoms with Crippen LogP contribution in [0.2, 0.25) is 0 Å². The number of hydrogen-bond donors (Lipinski definition) is 1. The van der Waals surface area contributed by atoms with Crippen molar-refractivity contribution < 1.29 is 9.53 Å². The monoisotopic (exact) mass is 219 g/mol. The number of nitrogens with one attached hydrogen (secondary N) is 1. The lowest BCUT2D eigenvalue weighted by atomic mass is 10.2. The Bertz CT molecular complexity index is 357. The molecule has 0 aliphatic rings. The van der Waals surface area contributed by atoms with Gasteiger partial charge < -0.3 is 10.1 Å². The second-order valence-electron chi connectivity index (χ2n) is 3.25. The highest BCUT2D eigenvalue weighted by Crippen LogP contribution is 2.08. The maximum absolute atomic E-state index is 11.5. The zero-order valence-corrected chi connectivity index (χ0v) is 9.69. The molecule has 1 N–H and O–H groups in total. The minimum absolute atomic E-state index is 0.256. The Hall–Kier alpha value is -1.77. The lowest BCUT2D eigenvalue weighted by Crippen LogP contribution is -2.08. The Morgan fingerprint density at radius 1 is 1.31 bits per heavy atom. The van der Waals surface area contributed by atoms with Gasteiger partial charge in [-0.1, -0.05) is 25.1 Å². The van der Waals surface area contributed by atoms with Gasteiger partial charge in [0.15, 0.2) is 0 Å². The number of carbonyl (C=O) groups excluding carboxylic acids is 1. The van der Waals surface area contributed by atoms with E-state index in [1.54, 1.807) is 13.1 Å². The van der Waals surface area contributed by atoms with Crippen LogP contribution >= 0.6 is 0 Å². The largest absolute Gasteiger partial charge is 0.463 e. The zero-order valence-electron chi connectivity index (χ0n) is 9.69. The number of esters is 1. The molecule has 0 aliphatic carbocycles. The first-order valence-corrected chi connectivity index (χ1v) is 5.45. The highest BCUT2D eigenvalue weighted by molar-refractivity contribution is 5.88. The molecular weight excluding hydrogens is 202 g/mol. The van der Waals surface area contributed by atoms with E-state index in [9.17, 15) is 4.79 Å². The second-order valence-corrected chi connectivity index (χ2v) is 3.25. The van der Waals surface area contributed by atoms with E-state index in [1.807, 2.05) is 37.3 Å². The van der Waals surface area contributed by atoms with Crippen molar-refractivity contribution >= 4 is 11.7 Å². The van der Waals surface area contributed by atoms with E-state index >= 15 is 0 Å². The number of benzene rings is 1. The van der Waals surface area contributed by atoms with Crippen LogP contribution in [0.5, 0.6) is 0 Å². The van der Waals surface area contributed by atoms with Gasteiger partial charge in [0.2, 0.25) is 0 Å². The maximum atomic E-state index is 11.5. The molecule has 0 atom stereocenters. The Morgan fingerprint density at radius 2 is 2.00 bits per heavy atom. The van der Waals surface area contributed by atoms with E-state index in [0.29, 0.717) is 18.6 Å². The second kappa shape index (κ2) is 6.67. The molecule has 0 radical (unpaired) electrons. The third-order valence-corrected chi connectivity index (χ3v) is 2.11. The summed E-state index contributed by atoms with van der Waals surface area (Å²) in [6, 6.07) is 9.70. The highest BCUT2D eigenvalue weighted by atomic mass is 16.5. The van der Waals surface area contributed by atoms with Crippen molar-refractivity contribution in [3.05, 3.63) is 42.1 Å². The van der Waals surface area contributed by atoms with Crippen molar-refractivity contribution in [3.63, 3.8) is 0 Å². The number of carbonyl (C=O) groups is 1. The first kappa shape index (κ1) is 12.3. The van der Waals surface area contributed by atoms with Gasteiger partial charge in [0.25, 0.3) is 0 Å². The van der Waals surface area contributed by atoms with E-state index in [1.165, 1.54) is 0 Å². The van der Waals surface area contributed by atoms with Crippen molar-refractivity contribution in [3.8, 4) is 0 Å². The third kappa shape index (κ3) is 3.77. The van der Waals surface area contributed by atoms with Crippen LogP contribution in [-0.2, 0) is 9.53 Å². The number of rotatable bonds is 5. The molecule has 0 unspecified atom stereocenters. The Balaban J connectivity index is 2.63. The van der Waals surface area contributed by atoms with Gasteiger partial charge in [0.05, 0.1) is 12.2 Å². The fraction of sp³-hybridized carbons (Fsp3) is 0.308. The molecular formula is C13H17NO2. The van der Waals surface area contributed by atoms with Crippen LogP contribution in [0.15, 0.2) is 42.1 Å². The summed E-state index contributed by atoms with van der Waals surface area (Å²) in [6.45, 7) is 4.13. The molecule has 0 bridgehead atoms. The van der Waals surface area contributed by atoms with E-state index in [-0.39, 0.29) is 5.97 Å². The summed E-state index contributed by atoms with van der Waals surface area (Å²) in [5.74, 6) is -0.256. The molecule has 1 aromatic rings. The minimum Gasteiger partial charge on any atom is -0.463 e. The van der Waals surface area contributed by atoms with Gasteiger partial charge in [-0.05, 0) is 25.5 Å². The van der Waals surface area contributed by atoms with Crippen LogP contribution in [0.25, 0.3) is 0 Å². The van der Waals surface area contributed by atoms with Crippen molar-refractivity contribution in [2.75, 3.05) is 11.9 Å². The van der Waals surface area contributed by atoms with Crippen LogP contribution in [0.3, 0.4) is 0 Å². The van der Waals surface area contributed by atoms with Crippen molar-refractivity contribution in [2.45, 2.75) is 20.3 Å². The number of anilines is 1. The van der Waals surface area contributed by atoms with Crippen LogP contribution < -0.4 is 5.32 Å². The smallest absolute Gasteiger partial charge is 0.335 e. The molecule has 0 heterocycles. The predicted molar refractivity (Wildman–Crippen MR) is 65.1 cm³/mol. The van der Waals surface area contributed by atoms with Crippen molar-refractivity contribution in [1.29, 1.82) is 0 Å². The molecule has 0 fully saturated rings. The molecule has 0 aliphatic heterocycles. The first-order valence-electron chi connectivity index (χ1n) is 5.45. The normalized spacial score (nSPS) is 11.0. The minimum atomic E-state index is -0.256. The van der Waals surface area contributed by atoms with E-state index < -0.39 is 0 Å². The van der Waals surface area contributed by atoms with Crippen molar-refractivity contribution in [2.24, 2.45) is 0 Å². The summed E-state index contributed by atoms with van der Waals surface area (Å²) in [7, 11) is 0. The van der Waals surface area contributed by atoms with E-state index in [4.69, 9.17) is 4.74 Å². The van der Waals surface area contributed by atoms with Gasteiger partial charge in [0, 0.05) is 11.9 Å².